The molecule has 1 aliphatic rings. The molecule has 0 unspecified atom stereocenters. The second-order valence-corrected chi connectivity index (χ2v) is 4.64. The van der Waals surface area contributed by atoms with Gasteiger partial charge in [0, 0.05) is 13.0 Å². The fourth-order valence-electron chi connectivity index (χ4n) is 2.20. The van der Waals surface area contributed by atoms with Crippen LogP contribution in [0.5, 0.6) is 0 Å². The summed E-state index contributed by atoms with van der Waals surface area (Å²) in [5.41, 5.74) is -1.09. The van der Waals surface area contributed by atoms with E-state index < -0.39 is 17.5 Å². The third kappa shape index (κ3) is 3.95. The Bertz CT molecular complexity index is 341. The number of nitrogens with one attached hydrogen (secondary N) is 2. The number of terminal acetylenes is 1. The van der Waals surface area contributed by atoms with E-state index in [0.29, 0.717) is 32.2 Å². The SMILES string of the molecule is C#CCCCNC(=O)NC1(C(=O)O)CCCCC1. The van der Waals surface area contributed by atoms with E-state index in [2.05, 4.69) is 16.6 Å². The Morgan fingerprint density at radius 3 is 2.50 bits per heavy atom. The molecule has 1 aliphatic carbocycles. The van der Waals surface area contributed by atoms with Crippen molar-refractivity contribution in [3.8, 4) is 12.3 Å². The topological polar surface area (TPSA) is 78.4 Å². The maximum atomic E-state index is 11.6. The number of urea groups is 1. The summed E-state index contributed by atoms with van der Waals surface area (Å²) in [6, 6.07) is -0.420. The Kier molecular flexibility index (Phi) is 5.50. The van der Waals surface area contributed by atoms with Crippen LogP contribution in [0, 0.1) is 12.3 Å². The summed E-state index contributed by atoms with van der Waals surface area (Å²) in [4.78, 5) is 23.0. The van der Waals surface area contributed by atoms with Gasteiger partial charge in [-0.25, -0.2) is 9.59 Å². The molecule has 0 aliphatic heterocycles. The van der Waals surface area contributed by atoms with Crippen LogP contribution in [0.15, 0.2) is 0 Å². The molecule has 18 heavy (non-hydrogen) atoms. The zero-order chi connectivity index (χ0) is 13.4. The molecule has 0 aromatic rings. The second kappa shape index (κ2) is 6.90. The molecule has 0 aromatic carbocycles. The second-order valence-electron chi connectivity index (χ2n) is 4.64. The number of rotatable bonds is 5. The van der Waals surface area contributed by atoms with E-state index in [1.807, 2.05) is 0 Å². The van der Waals surface area contributed by atoms with Crippen LogP contribution in [0.4, 0.5) is 4.79 Å². The van der Waals surface area contributed by atoms with Crippen LogP contribution < -0.4 is 10.6 Å². The minimum absolute atomic E-state index is 0.420. The summed E-state index contributed by atoms with van der Waals surface area (Å²) in [6.45, 7) is 0.464. The molecule has 5 nitrogen and oxygen atoms in total. The lowest BCUT2D eigenvalue weighted by Gasteiger charge is -2.33. The fourth-order valence-corrected chi connectivity index (χ4v) is 2.20. The lowest BCUT2D eigenvalue weighted by molar-refractivity contribution is -0.145. The lowest BCUT2D eigenvalue weighted by Crippen LogP contribution is -2.58. The average molecular weight is 252 g/mol. The molecule has 0 radical (unpaired) electrons. The number of hydrogen-bond acceptors (Lipinski definition) is 2. The maximum absolute atomic E-state index is 11.6. The van der Waals surface area contributed by atoms with E-state index in [0.717, 1.165) is 19.3 Å². The van der Waals surface area contributed by atoms with E-state index >= 15 is 0 Å². The van der Waals surface area contributed by atoms with Crippen LogP contribution in [-0.2, 0) is 4.79 Å². The van der Waals surface area contributed by atoms with E-state index in [1.54, 1.807) is 0 Å². The van der Waals surface area contributed by atoms with Crippen molar-refractivity contribution in [3.05, 3.63) is 0 Å². The van der Waals surface area contributed by atoms with Gasteiger partial charge >= 0.3 is 12.0 Å². The maximum Gasteiger partial charge on any atom is 0.329 e. The lowest BCUT2D eigenvalue weighted by atomic mass is 9.82. The van der Waals surface area contributed by atoms with Crippen molar-refractivity contribution in [1.29, 1.82) is 0 Å². The van der Waals surface area contributed by atoms with Crippen LogP contribution in [0.2, 0.25) is 0 Å². The van der Waals surface area contributed by atoms with E-state index in [-0.39, 0.29) is 0 Å². The van der Waals surface area contributed by atoms with Gasteiger partial charge in [-0.05, 0) is 19.3 Å². The number of amides is 2. The van der Waals surface area contributed by atoms with Gasteiger partial charge < -0.3 is 15.7 Å². The molecule has 1 fully saturated rings. The molecule has 0 heterocycles. The Hall–Kier alpha value is -1.70. The molecule has 3 N–H and O–H groups in total. The first kappa shape index (κ1) is 14.4. The van der Waals surface area contributed by atoms with Crippen molar-refractivity contribution in [3.63, 3.8) is 0 Å². The van der Waals surface area contributed by atoms with E-state index in [1.165, 1.54) is 0 Å². The smallest absolute Gasteiger partial charge is 0.329 e. The number of aliphatic carboxylic acids is 1. The summed E-state index contributed by atoms with van der Waals surface area (Å²) in [5.74, 6) is 1.54. The van der Waals surface area contributed by atoms with Crippen LogP contribution >= 0.6 is 0 Å². The predicted octanol–water partition coefficient (Wildman–Crippen LogP) is 1.49. The minimum Gasteiger partial charge on any atom is -0.480 e. The Labute approximate surface area is 107 Å². The molecule has 100 valence electrons. The standard InChI is InChI=1S/C13H20N2O3/c1-2-3-7-10-14-12(18)15-13(11(16)17)8-5-4-6-9-13/h1H,3-10H2,(H,16,17)(H2,14,15,18). The first-order chi connectivity index (χ1) is 8.60. The summed E-state index contributed by atoms with van der Waals surface area (Å²) < 4.78 is 0. The predicted molar refractivity (Wildman–Crippen MR) is 68.1 cm³/mol. The van der Waals surface area contributed by atoms with Crippen LogP contribution in [-0.4, -0.2) is 29.2 Å². The summed E-state index contributed by atoms with van der Waals surface area (Å²) >= 11 is 0. The van der Waals surface area contributed by atoms with Gasteiger partial charge in [0.25, 0.3) is 0 Å². The van der Waals surface area contributed by atoms with E-state index in [9.17, 15) is 14.7 Å². The third-order valence-electron chi connectivity index (χ3n) is 3.25. The number of carbonyl (C=O) groups excluding carboxylic acids is 1. The van der Waals surface area contributed by atoms with Crippen molar-refractivity contribution in [2.75, 3.05) is 6.54 Å². The largest absolute Gasteiger partial charge is 0.480 e. The first-order valence-corrected chi connectivity index (χ1v) is 6.33. The van der Waals surface area contributed by atoms with Gasteiger partial charge in [0.2, 0.25) is 0 Å². The highest BCUT2D eigenvalue weighted by Gasteiger charge is 2.40. The molecule has 1 saturated carbocycles. The normalized spacial score (nSPS) is 17.5. The molecule has 0 aromatic heterocycles. The Morgan fingerprint density at radius 1 is 1.28 bits per heavy atom. The highest BCUT2D eigenvalue weighted by molar-refractivity contribution is 5.86. The Balaban J connectivity index is 2.44. The van der Waals surface area contributed by atoms with Gasteiger partial charge in [0.1, 0.15) is 5.54 Å². The highest BCUT2D eigenvalue weighted by atomic mass is 16.4. The van der Waals surface area contributed by atoms with Crippen LogP contribution in [0.3, 0.4) is 0 Å². The zero-order valence-corrected chi connectivity index (χ0v) is 10.5. The Morgan fingerprint density at radius 2 is 1.94 bits per heavy atom. The summed E-state index contributed by atoms with van der Waals surface area (Å²) in [7, 11) is 0. The molecule has 0 spiro atoms. The van der Waals surface area contributed by atoms with Gasteiger partial charge in [0.05, 0.1) is 0 Å². The molecular weight excluding hydrogens is 232 g/mol. The van der Waals surface area contributed by atoms with E-state index in [4.69, 9.17) is 6.42 Å². The van der Waals surface area contributed by atoms with Crippen LogP contribution in [0.1, 0.15) is 44.9 Å². The van der Waals surface area contributed by atoms with Crippen molar-refractivity contribution in [1.82, 2.24) is 10.6 Å². The monoisotopic (exact) mass is 252 g/mol. The summed E-state index contributed by atoms with van der Waals surface area (Å²) in [6.07, 6.45) is 10.1. The molecule has 1 rings (SSSR count). The van der Waals surface area contributed by atoms with Crippen molar-refractivity contribution in [2.45, 2.75) is 50.5 Å². The molecule has 5 heteroatoms. The molecule has 0 bridgehead atoms. The van der Waals surface area contributed by atoms with Gasteiger partial charge in [-0.1, -0.05) is 19.3 Å². The minimum atomic E-state index is -1.09. The number of carboxylic acid groups (broad SMARTS) is 1. The van der Waals surface area contributed by atoms with Gasteiger partial charge in [-0.2, -0.15) is 0 Å². The fraction of sp³-hybridized carbons (Fsp3) is 0.692. The van der Waals surface area contributed by atoms with Crippen molar-refractivity contribution in [2.24, 2.45) is 0 Å². The number of hydrogen-bond donors (Lipinski definition) is 3. The van der Waals surface area contributed by atoms with Crippen molar-refractivity contribution >= 4 is 12.0 Å². The number of carbonyl (C=O) groups is 2. The third-order valence-corrected chi connectivity index (χ3v) is 3.25. The number of carboxylic acids is 1. The zero-order valence-electron chi connectivity index (χ0n) is 10.5. The molecule has 0 atom stereocenters. The average Bonchev–Trinajstić information content (AvgIpc) is 2.35. The summed E-state index contributed by atoms with van der Waals surface area (Å²) in [5, 5.41) is 14.5. The molecule has 2 amide bonds. The first-order valence-electron chi connectivity index (χ1n) is 6.33. The highest BCUT2D eigenvalue weighted by Crippen LogP contribution is 2.28. The van der Waals surface area contributed by atoms with Gasteiger partial charge in [-0.15, -0.1) is 12.3 Å². The molecule has 0 saturated heterocycles. The van der Waals surface area contributed by atoms with Gasteiger partial charge in [0.15, 0.2) is 0 Å². The van der Waals surface area contributed by atoms with Crippen LogP contribution in [0.25, 0.3) is 0 Å². The number of unbranched alkanes of at least 4 members (excludes halogenated alkanes) is 1. The van der Waals surface area contributed by atoms with Gasteiger partial charge in [-0.3, -0.25) is 0 Å². The van der Waals surface area contributed by atoms with Crippen molar-refractivity contribution < 1.29 is 14.7 Å². The molecular formula is C13H20N2O3. The quantitative estimate of drug-likeness (QED) is 0.512.